The molecule has 1 heterocycles. The largest absolute Gasteiger partial charge is 0.444 e. The molecule has 17 heavy (non-hydrogen) atoms. The van der Waals surface area contributed by atoms with Gasteiger partial charge in [0.25, 0.3) is 0 Å². The molecule has 0 unspecified atom stereocenters. The lowest BCUT2D eigenvalue weighted by Crippen LogP contribution is -2.27. The molecule has 5 nitrogen and oxygen atoms in total. The Bertz CT molecular complexity index is 423. The molecule has 0 spiro atoms. The molecule has 1 aromatic rings. The van der Waals surface area contributed by atoms with Gasteiger partial charge in [-0.25, -0.2) is 4.79 Å². The Morgan fingerprint density at radius 2 is 1.65 bits per heavy atom. The minimum absolute atomic E-state index is 0.0306. The van der Waals surface area contributed by atoms with Crippen molar-refractivity contribution in [2.24, 2.45) is 0 Å². The maximum Gasteiger partial charge on any atom is 0.414 e. The van der Waals surface area contributed by atoms with E-state index in [4.69, 9.17) is 39.5 Å². The van der Waals surface area contributed by atoms with Crippen molar-refractivity contribution in [3.05, 3.63) is 15.3 Å². The molecule has 0 saturated carbocycles. The molecule has 0 fully saturated rings. The van der Waals surface area contributed by atoms with Crippen LogP contribution in [0.2, 0.25) is 15.3 Å². The van der Waals surface area contributed by atoms with Crippen LogP contribution >= 0.6 is 34.8 Å². The van der Waals surface area contributed by atoms with Gasteiger partial charge >= 0.3 is 6.09 Å². The summed E-state index contributed by atoms with van der Waals surface area (Å²) in [5.74, 6) is -0.0707. The highest BCUT2D eigenvalue weighted by atomic mass is 35.5. The summed E-state index contributed by atoms with van der Waals surface area (Å²) in [6, 6.07) is 0. The predicted octanol–water partition coefficient (Wildman–Crippen LogP) is 3.78. The van der Waals surface area contributed by atoms with Crippen molar-refractivity contribution in [1.82, 2.24) is 9.97 Å². The molecule has 0 aliphatic carbocycles. The molecule has 8 heteroatoms. The van der Waals surface area contributed by atoms with Gasteiger partial charge in [0.15, 0.2) is 10.3 Å². The van der Waals surface area contributed by atoms with Crippen LogP contribution < -0.4 is 5.32 Å². The molecule has 0 atom stereocenters. The number of carbonyl (C=O) groups excluding carboxylic acids is 1. The number of rotatable bonds is 1. The number of anilines is 1. The second kappa shape index (κ2) is 5.25. The Labute approximate surface area is 113 Å². The highest BCUT2D eigenvalue weighted by Crippen LogP contribution is 2.27. The second-order valence-corrected chi connectivity index (χ2v) is 5.16. The molecule has 0 bridgehead atoms. The van der Waals surface area contributed by atoms with E-state index >= 15 is 0 Å². The number of carbonyl (C=O) groups is 1. The van der Waals surface area contributed by atoms with E-state index in [0.717, 1.165) is 0 Å². The fourth-order valence-electron chi connectivity index (χ4n) is 0.845. The number of aromatic nitrogens is 2. The minimum Gasteiger partial charge on any atom is -0.444 e. The monoisotopic (exact) mass is 297 g/mol. The summed E-state index contributed by atoms with van der Waals surface area (Å²) in [6.45, 7) is 5.19. The number of hydrogen-bond acceptors (Lipinski definition) is 4. The average molecular weight is 299 g/mol. The van der Waals surface area contributed by atoms with Crippen molar-refractivity contribution in [3.63, 3.8) is 0 Å². The van der Waals surface area contributed by atoms with Crippen molar-refractivity contribution in [3.8, 4) is 0 Å². The third-order valence-corrected chi connectivity index (χ3v) is 2.48. The molecule has 0 aliphatic rings. The van der Waals surface area contributed by atoms with Gasteiger partial charge in [-0.15, -0.1) is 0 Å². The van der Waals surface area contributed by atoms with Crippen molar-refractivity contribution in [2.45, 2.75) is 26.4 Å². The summed E-state index contributed by atoms with van der Waals surface area (Å²) in [6.07, 6.45) is -0.702. The number of nitrogens with zero attached hydrogens (tertiary/aromatic N) is 2. The highest BCUT2D eigenvalue weighted by molar-refractivity contribution is 6.46. The van der Waals surface area contributed by atoms with Gasteiger partial charge in [0.05, 0.1) is 0 Å². The first-order valence-electron chi connectivity index (χ1n) is 4.57. The summed E-state index contributed by atoms with van der Waals surface area (Å²) in [5, 5.41) is 2.24. The fraction of sp³-hybridized carbons (Fsp3) is 0.444. The Kier molecular flexibility index (Phi) is 4.41. The minimum atomic E-state index is -0.702. The number of halogens is 3. The molecule has 0 aromatic carbocycles. The molecule has 0 saturated heterocycles. The van der Waals surface area contributed by atoms with Gasteiger partial charge in [-0.1, -0.05) is 34.8 Å². The van der Waals surface area contributed by atoms with Gasteiger partial charge in [-0.3, -0.25) is 5.32 Å². The third kappa shape index (κ3) is 4.53. The first kappa shape index (κ1) is 14.3. The van der Waals surface area contributed by atoms with Gasteiger partial charge in [0.1, 0.15) is 10.6 Å². The lowest BCUT2D eigenvalue weighted by molar-refractivity contribution is 0.0634. The number of ether oxygens (including phenoxy) is 1. The standard InChI is InChI=1S/C9H10Cl3N3O2/c1-9(2,3)17-8(16)15-7-13-5(11)4(10)6(12)14-7/h1-3H3,(H,13,14,15,16). The van der Waals surface area contributed by atoms with E-state index in [2.05, 4.69) is 15.3 Å². The van der Waals surface area contributed by atoms with Crippen LogP contribution in [0.3, 0.4) is 0 Å². The number of hydrogen-bond donors (Lipinski definition) is 1. The van der Waals surface area contributed by atoms with Crippen molar-refractivity contribution >= 4 is 46.8 Å². The summed E-state index contributed by atoms with van der Waals surface area (Å²) >= 11 is 17.0. The molecule has 94 valence electrons. The zero-order chi connectivity index (χ0) is 13.2. The molecule has 1 amide bonds. The molecule has 1 aromatic heterocycles. The Hall–Kier alpha value is -0.780. The van der Waals surface area contributed by atoms with Crippen LogP contribution in [-0.2, 0) is 4.74 Å². The SMILES string of the molecule is CC(C)(C)OC(=O)Nc1nc(Cl)c(Cl)c(Cl)n1. The Balaban J connectivity index is 2.79. The maximum atomic E-state index is 11.4. The van der Waals surface area contributed by atoms with Crippen LogP contribution in [0.5, 0.6) is 0 Å². The second-order valence-electron chi connectivity index (χ2n) is 4.07. The van der Waals surface area contributed by atoms with Gasteiger partial charge in [0.2, 0.25) is 5.95 Å². The summed E-state index contributed by atoms with van der Waals surface area (Å²) in [7, 11) is 0. The highest BCUT2D eigenvalue weighted by Gasteiger charge is 2.18. The lowest BCUT2D eigenvalue weighted by atomic mass is 10.2. The normalized spacial score (nSPS) is 11.2. The van der Waals surface area contributed by atoms with E-state index in [-0.39, 0.29) is 21.3 Å². The van der Waals surface area contributed by atoms with E-state index < -0.39 is 11.7 Å². The Morgan fingerprint density at radius 1 is 1.18 bits per heavy atom. The van der Waals surface area contributed by atoms with Gasteiger partial charge in [0, 0.05) is 0 Å². The lowest BCUT2D eigenvalue weighted by Gasteiger charge is -2.19. The van der Waals surface area contributed by atoms with Gasteiger partial charge in [-0.2, -0.15) is 9.97 Å². The van der Waals surface area contributed by atoms with Crippen molar-refractivity contribution < 1.29 is 9.53 Å². The molecular weight excluding hydrogens is 288 g/mol. The van der Waals surface area contributed by atoms with E-state index in [1.165, 1.54) is 0 Å². The van der Waals surface area contributed by atoms with Gasteiger partial charge < -0.3 is 4.74 Å². The Morgan fingerprint density at radius 3 is 2.06 bits per heavy atom. The van der Waals surface area contributed by atoms with Crippen LogP contribution in [0, 0.1) is 0 Å². The van der Waals surface area contributed by atoms with Crippen molar-refractivity contribution in [2.75, 3.05) is 5.32 Å². The van der Waals surface area contributed by atoms with Crippen molar-refractivity contribution in [1.29, 1.82) is 0 Å². The van der Waals surface area contributed by atoms with Crippen LogP contribution in [0.25, 0.3) is 0 Å². The summed E-state index contributed by atoms with van der Waals surface area (Å²) in [5.41, 5.74) is -0.621. The van der Waals surface area contributed by atoms with E-state index in [0.29, 0.717) is 0 Å². The smallest absolute Gasteiger partial charge is 0.414 e. The van der Waals surface area contributed by atoms with Crippen LogP contribution in [-0.4, -0.2) is 21.7 Å². The van der Waals surface area contributed by atoms with Gasteiger partial charge in [-0.05, 0) is 20.8 Å². The summed E-state index contributed by atoms with van der Waals surface area (Å²) in [4.78, 5) is 18.9. The van der Waals surface area contributed by atoms with E-state index in [9.17, 15) is 4.79 Å². The zero-order valence-electron chi connectivity index (χ0n) is 9.34. The summed E-state index contributed by atoms with van der Waals surface area (Å²) < 4.78 is 5.00. The molecule has 0 radical (unpaired) electrons. The maximum absolute atomic E-state index is 11.4. The molecular formula is C9H10Cl3N3O2. The quantitative estimate of drug-likeness (QED) is 0.801. The molecule has 0 aliphatic heterocycles. The van der Waals surface area contributed by atoms with Crippen LogP contribution in [0.15, 0.2) is 0 Å². The fourth-order valence-corrected chi connectivity index (χ4v) is 1.32. The van der Waals surface area contributed by atoms with Crippen LogP contribution in [0.4, 0.5) is 10.7 Å². The topological polar surface area (TPSA) is 64.1 Å². The zero-order valence-corrected chi connectivity index (χ0v) is 11.6. The number of amides is 1. The predicted molar refractivity (Wildman–Crippen MR) is 66.9 cm³/mol. The first-order chi connectivity index (χ1) is 7.69. The molecule has 1 rings (SSSR count). The van der Waals surface area contributed by atoms with E-state index in [1.54, 1.807) is 20.8 Å². The molecule has 1 N–H and O–H groups in total. The first-order valence-corrected chi connectivity index (χ1v) is 5.71. The average Bonchev–Trinajstić information content (AvgIpc) is 2.10. The van der Waals surface area contributed by atoms with E-state index in [1.807, 2.05) is 0 Å². The number of nitrogens with one attached hydrogen (secondary N) is 1. The van der Waals surface area contributed by atoms with Crippen LogP contribution in [0.1, 0.15) is 20.8 Å². The third-order valence-electron chi connectivity index (χ3n) is 1.38.